The van der Waals surface area contributed by atoms with E-state index in [2.05, 4.69) is 233 Å². The second-order valence-corrected chi connectivity index (χ2v) is 22.2. The average molecular weight is 1120 g/mol. The Hall–Kier alpha value is -12.0. The highest BCUT2D eigenvalue weighted by Gasteiger charge is 2.18. The lowest BCUT2D eigenvalue weighted by Gasteiger charge is -2.14. The minimum Gasteiger partial charge on any atom is -0.254 e. The summed E-state index contributed by atoms with van der Waals surface area (Å²) in [7, 11) is 0. The van der Waals surface area contributed by atoms with Crippen LogP contribution in [0.3, 0.4) is 0 Å². The molecule has 0 saturated heterocycles. The molecule has 0 spiro atoms. The molecule has 0 aliphatic rings. The Labute approximate surface area is 504 Å². The maximum Gasteiger partial charge on any atom is 0.0978 e. The van der Waals surface area contributed by atoms with Gasteiger partial charge in [-0.15, -0.1) is 0 Å². The van der Waals surface area contributed by atoms with Gasteiger partial charge in [0.15, 0.2) is 0 Å². The Kier molecular flexibility index (Phi) is 12.0. The second kappa shape index (κ2) is 21.0. The molecule has 8 aromatic heterocycles. The first-order valence-electron chi connectivity index (χ1n) is 29.4. The van der Waals surface area contributed by atoms with Crippen LogP contribution in [0.5, 0.6) is 0 Å². The second-order valence-electron chi connectivity index (χ2n) is 22.2. The normalized spacial score (nSPS) is 11.6. The topological polar surface area (TPSA) is 103 Å². The van der Waals surface area contributed by atoms with Crippen LogP contribution in [0.4, 0.5) is 0 Å². The van der Waals surface area contributed by atoms with E-state index in [1.54, 1.807) is 0 Å². The zero-order valence-electron chi connectivity index (χ0n) is 47.3. The zero-order chi connectivity index (χ0) is 58.1. The van der Waals surface area contributed by atoms with Crippen molar-refractivity contribution in [3.05, 3.63) is 292 Å². The summed E-state index contributed by atoms with van der Waals surface area (Å²) in [6.45, 7) is 0. The third-order valence-electron chi connectivity index (χ3n) is 17.2. The summed E-state index contributed by atoms with van der Waals surface area (Å²) in [5.74, 6) is 0. The van der Waals surface area contributed by atoms with Crippen molar-refractivity contribution in [2.75, 3.05) is 0 Å². The van der Waals surface area contributed by atoms with Crippen LogP contribution in [0.2, 0.25) is 0 Å². The Morgan fingerprint density at radius 2 is 0.557 bits per heavy atom. The number of aromatic nitrogens is 8. The quantitative estimate of drug-likeness (QED) is 0.120. The fourth-order valence-corrected chi connectivity index (χ4v) is 12.9. The maximum absolute atomic E-state index is 5.18. The van der Waals surface area contributed by atoms with E-state index >= 15 is 0 Å². The van der Waals surface area contributed by atoms with Crippen LogP contribution in [0.15, 0.2) is 292 Å². The molecule has 0 saturated carbocycles. The lowest BCUT2D eigenvalue weighted by Crippen LogP contribution is -1.93. The molecule has 0 amide bonds. The molecule has 8 heteroatoms. The van der Waals surface area contributed by atoms with Crippen LogP contribution in [-0.4, -0.2) is 39.9 Å². The number of nitrogens with zero attached hydrogens (tertiary/aromatic N) is 8. The molecule has 0 atom stereocenters. The van der Waals surface area contributed by atoms with Gasteiger partial charge in [0.05, 0.1) is 60.9 Å². The highest BCUT2D eigenvalue weighted by Crippen LogP contribution is 2.42. The minimum absolute atomic E-state index is 0.913. The molecule has 8 heterocycles. The van der Waals surface area contributed by atoms with Crippen LogP contribution >= 0.6 is 0 Å². The summed E-state index contributed by atoms with van der Waals surface area (Å²) >= 11 is 0. The fraction of sp³-hybridized carbons (Fsp3) is 0. The van der Waals surface area contributed by atoms with Gasteiger partial charge in [0.25, 0.3) is 0 Å². The van der Waals surface area contributed by atoms with Gasteiger partial charge in [-0.3, -0.25) is 24.9 Å². The predicted molar refractivity (Wildman–Crippen MR) is 363 cm³/mol. The molecule has 8 nitrogen and oxygen atoms in total. The van der Waals surface area contributed by atoms with Gasteiger partial charge < -0.3 is 0 Å². The first kappa shape index (κ1) is 50.5. The molecular formula is C80H48N8. The van der Waals surface area contributed by atoms with Crippen molar-refractivity contribution in [2.24, 2.45) is 0 Å². The first-order chi connectivity index (χ1) is 43.6. The molecule has 0 radical (unpaired) electrons. The zero-order valence-corrected chi connectivity index (χ0v) is 47.3. The summed E-state index contributed by atoms with van der Waals surface area (Å²) in [6.07, 6.45) is 9.26. The van der Waals surface area contributed by atoms with E-state index in [9.17, 15) is 0 Å². The first-order valence-corrected chi connectivity index (χ1v) is 29.4. The van der Waals surface area contributed by atoms with E-state index in [-0.39, 0.29) is 0 Å². The number of rotatable bonds is 6. The van der Waals surface area contributed by atoms with Crippen molar-refractivity contribution in [3.8, 4) is 66.9 Å². The number of hydrogen-bond acceptors (Lipinski definition) is 8. The number of hydrogen-bond donors (Lipinski definition) is 0. The molecule has 0 fully saturated rings. The van der Waals surface area contributed by atoms with Gasteiger partial charge in [-0.2, -0.15) is 0 Å². The van der Waals surface area contributed by atoms with E-state index in [1.165, 1.54) is 22.3 Å². The van der Waals surface area contributed by atoms with Gasteiger partial charge >= 0.3 is 0 Å². The van der Waals surface area contributed by atoms with Crippen molar-refractivity contribution in [1.82, 2.24) is 39.9 Å². The standard InChI is InChI=1S/2C40H24N4/c1-2-8-35-33(7-1)36(34-20-18-30-6-4-23-42-38(30)40(34)44-35)28-15-11-26(12-16-28)25-9-13-27(14-10-25)31-21-24-43-39-32(31)19-17-29-5-3-22-41-37(29)39;1-2-7-26(8-3-1)34-21-18-29-17-20-33-36(32-10-4-5-11-35(32)44-40(33)38(29)43-34)27-14-12-25(13-15-27)30-22-24-42-39-31(30)19-16-28-9-6-23-41-37(28)39/h2*1-24H. The maximum atomic E-state index is 5.18. The van der Waals surface area contributed by atoms with Gasteiger partial charge in [0.2, 0.25) is 0 Å². The Morgan fingerprint density at radius 1 is 0.182 bits per heavy atom. The summed E-state index contributed by atoms with van der Waals surface area (Å²) in [4.78, 5) is 38.7. The van der Waals surface area contributed by atoms with Gasteiger partial charge in [0.1, 0.15) is 0 Å². The van der Waals surface area contributed by atoms with Crippen molar-refractivity contribution in [1.29, 1.82) is 0 Å². The lowest BCUT2D eigenvalue weighted by atomic mass is 9.93. The highest BCUT2D eigenvalue weighted by atomic mass is 14.8. The largest absolute Gasteiger partial charge is 0.254 e. The molecule has 408 valence electrons. The van der Waals surface area contributed by atoms with Crippen molar-refractivity contribution < 1.29 is 0 Å². The average Bonchev–Trinajstić information content (AvgIpc) is 1.36. The predicted octanol–water partition coefficient (Wildman–Crippen LogP) is 20.1. The van der Waals surface area contributed by atoms with Crippen molar-refractivity contribution in [3.63, 3.8) is 0 Å². The summed E-state index contributed by atoms with van der Waals surface area (Å²) in [6, 6.07) is 91.4. The van der Waals surface area contributed by atoms with E-state index in [1.807, 2.05) is 73.4 Å². The lowest BCUT2D eigenvalue weighted by molar-refractivity contribution is 1.37. The van der Waals surface area contributed by atoms with Crippen LogP contribution in [0, 0.1) is 0 Å². The number of benzene rings is 10. The van der Waals surface area contributed by atoms with E-state index in [4.69, 9.17) is 24.9 Å². The molecule has 0 aliphatic heterocycles. The molecule has 18 rings (SSSR count). The van der Waals surface area contributed by atoms with Crippen LogP contribution in [0.1, 0.15) is 0 Å². The summed E-state index contributed by atoms with van der Waals surface area (Å²) in [5, 5.41) is 11.0. The third-order valence-corrected chi connectivity index (χ3v) is 17.2. The molecule has 0 N–H and O–H groups in total. The fourth-order valence-electron chi connectivity index (χ4n) is 12.9. The highest BCUT2D eigenvalue weighted by molar-refractivity contribution is 6.18. The molecule has 88 heavy (non-hydrogen) atoms. The number of pyridine rings is 8. The Bertz CT molecular complexity index is 5800. The number of para-hydroxylation sites is 2. The summed E-state index contributed by atoms with van der Waals surface area (Å²) in [5.41, 5.74) is 23.0. The molecular weight excluding hydrogens is 1070 g/mol. The Morgan fingerprint density at radius 3 is 1.05 bits per heavy atom. The van der Waals surface area contributed by atoms with Crippen LogP contribution < -0.4 is 0 Å². The summed E-state index contributed by atoms with van der Waals surface area (Å²) < 4.78 is 0. The molecule has 18 aromatic rings. The van der Waals surface area contributed by atoms with Crippen molar-refractivity contribution in [2.45, 2.75) is 0 Å². The molecule has 0 aliphatic carbocycles. The molecule has 10 aromatic carbocycles. The van der Waals surface area contributed by atoms with Gasteiger partial charge in [-0.1, -0.05) is 212 Å². The smallest absolute Gasteiger partial charge is 0.0978 e. The van der Waals surface area contributed by atoms with Gasteiger partial charge in [0, 0.05) is 102 Å². The molecule has 0 bridgehead atoms. The van der Waals surface area contributed by atoms with Gasteiger partial charge in [-0.05, 0) is 93.0 Å². The molecule has 0 unspecified atom stereocenters. The monoisotopic (exact) mass is 1120 g/mol. The SMILES string of the molecule is c1ccc(-c2ccc3ccc4c(-c5ccc(-c6ccnc7c6ccc6cccnc67)cc5)c5ccccc5nc4c3n2)cc1.c1cnc2c(c1)ccc1c(-c3ccc(-c4ccc(-c5c6ccccc6nc6c5ccc5cccnc56)cc4)cc3)ccnc12. The van der Waals surface area contributed by atoms with Crippen molar-refractivity contribution >= 4 is 109 Å². The number of fused-ring (bicyclic) bond motifs is 14. The van der Waals surface area contributed by atoms with E-state index in [0.29, 0.717) is 0 Å². The minimum atomic E-state index is 0.913. The van der Waals surface area contributed by atoms with Gasteiger partial charge in [-0.25, -0.2) is 15.0 Å². The van der Waals surface area contributed by atoms with E-state index in [0.717, 1.165) is 154 Å². The van der Waals surface area contributed by atoms with Crippen LogP contribution in [-0.2, 0) is 0 Å². The Balaban J connectivity index is 0.000000137. The third kappa shape index (κ3) is 8.61. The van der Waals surface area contributed by atoms with Crippen LogP contribution in [0.25, 0.3) is 176 Å². The van der Waals surface area contributed by atoms with E-state index < -0.39 is 0 Å².